The van der Waals surface area contributed by atoms with Gasteiger partial charge >= 0.3 is 6.09 Å². The van der Waals surface area contributed by atoms with Gasteiger partial charge in [0.15, 0.2) is 6.61 Å². The van der Waals surface area contributed by atoms with E-state index in [4.69, 9.17) is 9.47 Å². The highest BCUT2D eigenvalue weighted by molar-refractivity contribution is 5.97. The lowest BCUT2D eigenvalue weighted by atomic mass is 10.2. The number of rotatable bonds is 9. The minimum atomic E-state index is -0.606. The van der Waals surface area contributed by atoms with E-state index in [-0.39, 0.29) is 31.1 Å². The quantitative estimate of drug-likeness (QED) is 0.396. The molecule has 184 valence electrons. The Bertz CT molecular complexity index is 1280. The summed E-state index contributed by atoms with van der Waals surface area (Å²) < 4.78 is 10.1. The maximum atomic E-state index is 12.5. The number of ether oxygens (including phenoxy) is 2. The Morgan fingerprint density at radius 1 is 0.889 bits per heavy atom. The lowest BCUT2D eigenvalue weighted by molar-refractivity contribution is 0.0944. The highest BCUT2D eigenvalue weighted by atomic mass is 16.5. The minimum absolute atomic E-state index is 0.0150. The summed E-state index contributed by atoms with van der Waals surface area (Å²) in [5.41, 5.74) is 2.33. The van der Waals surface area contributed by atoms with E-state index in [0.29, 0.717) is 11.4 Å². The molecule has 3 amide bonds. The van der Waals surface area contributed by atoms with E-state index in [0.717, 1.165) is 11.1 Å². The number of hydrogen-bond acceptors (Lipinski definition) is 7. The highest BCUT2D eigenvalue weighted by Gasteiger charge is 2.13. The van der Waals surface area contributed by atoms with Crippen LogP contribution in [-0.4, -0.2) is 41.6 Å². The van der Waals surface area contributed by atoms with Crippen LogP contribution in [0, 0.1) is 11.8 Å². The summed E-state index contributed by atoms with van der Waals surface area (Å²) in [7, 11) is 1.57. The second-order valence-electron chi connectivity index (χ2n) is 7.33. The van der Waals surface area contributed by atoms with Gasteiger partial charge in [-0.3, -0.25) is 14.9 Å². The highest BCUT2D eigenvalue weighted by Crippen LogP contribution is 2.13. The molecule has 0 aliphatic carbocycles. The van der Waals surface area contributed by atoms with Crippen LogP contribution >= 0.6 is 0 Å². The topological polar surface area (TPSA) is 132 Å². The Hall–Kier alpha value is -4.91. The third-order valence-corrected chi connectivity index (χ3v) is 4.83. The van der Waals surface area contributed by atoms with Gasteiger partial charge < -0.3 is 20.1 Å². The molecule has 0 atom stereocenters. The van der Waals surface area contributed by atoms with Gasteiger partial charge in [0.25, 0.3) is 11.8 Å². The van der Waals surface area contributed by atoms with Gasteiger partial charge in [-0.05, 0) is 42.3 Å². The first-order valence-corrected chi connectivity index (χ1v) is 10.9. The monoisotopic (exact) mass is 487 g/mol. The van der Waals surface area contributed by atoms with Crippen molar-refractivity contribution in [2.75, 3.05) is 19.0 Å². The summed E-state index contributed by atoms with van der Waals surface area (Å²) in [5.74, 6) is 5.06. The molecule has 1 aromatic heterocycles. The van der Waals surface area contributed by atoms with Crippen molar-refractivity contribution in [2.45, 2.75) is 20.0 Å². The summed E-state index contributed by atoms with van der Waals surface area (Å²) in [4.78, 5) is 44.6. The van der Waals surface area contributed by atoms with Crippen LogP contribution in [0.3, 0.4) is 0 Å². The number of carbonyl (C=O) groups excluding carboxylic acids is 3. The van der Waals surface area contributed by atoms with Crippen molar-refractivity contribution in [3.8, 4) is 17.6 Å². The second-order valence-corrected chi connectivity index (χ2v) is 7.33. The number of nitrogens with zero attached hydrogens (tertiary/aromatic N) is 2. The Morgan fingerprint density at radius 2 is 1.56 bits per heavy atom. The second kappa shape index (κ2) is 13.1. The SMILES string of the molecule is CC#CCOC(=O)Nc1ccc(CNC(=O)c2cc(C(=O)NCc3cccc(OC)c3)ncn2)cc1. The molecule has 36 heavy (non-hydrogen) atoms. The fourth-order valence-electron chi connectivity index (χ4n) is 2.97. The number of anilines is 1. The maximum Gasteiger partial charge on any atom is 0.412 e. The normalized spacial score (nSPS) is 9.83. The first-order chi connectivity index (χ1) is 17.5. The average Bonchev–Trinajstić information content (AvgIpc) is 2.91. The van der Waals surface area contributed by atoms with Gasteiger partial charge in [-0.2, -0.15) is 0 Å². The van der Waals surface area contributed by atoms with Crippen molar-refractivity contribution in [1.29, 1.82) is 0 Å². The molecule has 0 bridgehead atoms. The molecule has 0 spiro atoms. The number of benzene rings is 2. The van der Waals surface area contributed by atoms with Crippen molar-refractivity contribution >= 4 is 23.6 Å². The van der Waals surface area contributed by atoms with E-state index >= 15 is 0 Å². The lowest BCUT2D eigenvalue weighted by Gasteiger charge is -2.09. The number of methoxy groups -OCH3 is 1. The van der Waals surface area contributed by atoms with Crippen LogP contribution < -0.4 is 20.7 Å². The number of hydrogen-bond donors (Lipinski definition) is 3. The molecule has 3 N–H and O–H groups in total. The first kappa shape index (κ1) is 25.7. The fourth-order valence-corrected chi connectivity index (χ4v) is 2.97. The number of nitrogens with one attached hydrogen (secondary N) is 3. The molecule has 2 aromatic carbocycles. The Morgan fingerprint density at radius 3 is 2.19 bits per heavy atom. The van der Waals surface area contributed by atoms with E-state index in [2.05, 4.69) is 37.8 Å². The van der Waals surface area contributed by atoms with E-state index in [9.17, 15) is 14.4 Å². The smallest absolute Gasteiger partial charge is 0.412 e. The molecule has 0 aliphatic rings. The van der Waals surface area contributed by atoms with Crippen molar-refractivity contribution < 1.29 is 23.9 Å². The summed E-state index contributed by atoms with van der Waals surface area (Å²) >= 11 is 0. The molecular weight excluding hydrogens is 462 g/mol. The number of amides is 3. The zero-order valence-corrected chi connectivity index (χ0v) is 19.8. The third-order valence-electron chi connectivity index (χ3n) is 4.83. The molecule has 0 saturated carbocycles. The van der Waals surface area contributed by atoms with Crippen LogP contribution in [0.1, 0.15) is 39.0 Å². The zero-order valence-electron chi connectivity index (χ0n) is 19.8. The van der Waals surface area contributed by atoms with Crippen LogP contribution in [0.4, 0.5) is 10.5 Å². The van der Waals surface area contributed by atoms with Gasteiger partial charge in [0.2, 0.25) is 0 Å². The molecule has 0 aliphatic heterocycles. The van der Waals surface area contributed by atoms with Crippen molar-refractivity contribution in [3.63, 3.8) is 0 Å². The summed E-state index contributed by atoms with van der Waals surface area (Å²) in [5, 5.41) is 8.09. The van der Waals surface area contributed by atoms with E-state index in [1.807, 2.05) is 24.3 Å². The predicted molar refractivity (Wildman–Crippen MR) is 132 cm³/mol. The van der Waals surface area contributed by atoms with Crippen LogP contribution in [0.25, 0.3) is 0 Å². The third kappa shape index (κ3) is 7.85. The van der Waals surface area contributed by atoms with Gasteiger partial charge in [0.1, 0.15) is 23.5 Å². The van der Waals surface area contributed by atoms with Crippen molar-refractivity contribution in [1.82, 2.24) is 20.6 Å². The molecular formula is C26H25N5O5. The molecule has 10 nitrogen and oxygen atoms in total. The molecule has 0 radical (unpaired) electrons. The summed E-state index contributed by atoms with van der Waals surface area (Å²) in [6, 6.07) is 15.5. The van der Waals surface area contributed by atoms with E-state index < -0.39 is 17.9 Å². The first-order valence-electron chi connectivity index (χ1n) is 10.9. The molecule has 1 heterocycles. The minimum Gasteiger partial charge on any atom is -0.497 e. The molecule has 3 aromatic rings. The molecule has 0 fully saturated rings. The van der Waals surface area contributed by atoms with E-state index in [1.165, 1.54) is 12.4 Å². The van der Waals surface area contributed by atoms with Crippen LogP contribution in [0.15, 0.2) is 60.9 Å². The van der Waals surface area contributed by atoms with Crippen LogP contribution in [-0.2, 0) is 17.8 Å². The number of aromatic nitrogens is 2. The van der Waals surface area contributed by atoms with Crippen LogP contribution in [0.2, 0.25) is 0 Å². The largest absolute Gasteiger partial charge is 0.497 e. The Kier molecular flexibility index (Phi) is 9.35. The van der Waals surface area contributed by atoms with Crippen LogP contribution in [0.5, 0.6) is 5.75 Å². The maximum absolute atomic E-state index is 12.5. The fraction of sp³-hybridized carbons (Fsp3) is 0.192. The average molecular weight is 488 g/mol. The van der Waals surface area contributed by atoms with Crippen molar-refractivity contribution in [2.24, 2.45) is 0 Å². The Balaban J connectivity index is 1.51. The van der Waals surface area contributed by atoms with Gasteiger partial charge in [0, 0.05) is 24.8 Å². The van der Waals surface area contributed by atoms with E-state index in [1.54, 1.807) is 38.3 Å². The molecule has 0 unspecified atom stereocenters. The van der Waals surface area contributed by atoms with Gasteiger partial charge in [-0.15, -0.1) is 5.92 Å². The summed E-state index contributed by atoms with van der Waals surface area (Å²) in [6.07, 6.45) is 0.562. The standard InChI is InChI=1S/C26H25N5O5/c1-3-4-12-36-26(34)31-20-10-8-18(9-11-20)15-27-24(32)22-14-23(30-17-29-22)25(33)28-16-19-6-5-7-21(13-19)35-2/h5-11,13-14,17H,12,15-16H2,1-2H3,(H,27,32)(H,28,33)(H,31,34). The molecule has 10 heteroatoms. The van der Waals surface area contributed by atoms with Crippen molar-refractivity contribution in [3.05, 3.63) is 83.4 Å². The lowest BCUT2D eigenvalue weighted by Crippen LogP contribution is -2.27. The number of carbonyl (C=O) groups is 3. The summed E-state index contributed by atoms with van der Waals surface area (Å²) in [6.45, 7) is 2.17. The van der Waals surface area contributed by atoms with Gasteiger partial charge in [-0.25, -0.2) is 14.8 Å². The Labute approximate surface area is 208 Å². The molecule has 3 rings (SSSR count). The predicted octanol–water partition coefficient (Wildman–Crippen LogP) is 2.92. The molecule has 0 saturated heterocycles. The zero-order chi connectivity index (χ0) is 25.8. The van der Waals surface area contributed by atoms with Gasteiger partial charge in [0.05, 0.1) is 7.11 Å². The van der Waals surface area contributed by atoms with Gasteiger partial charge in [-0.1, -0.05) is 30.2 Å².